The summed E-state index contributed by atoms with van der Waals surface area (Å²) in [5.74, 6) is -2.97. The van der Waals surface area contributed by atoms with Gasteiger partial charge in [-0.2, -0.15) is 13.2 Å². The number of aromatic carboxylic acids is 1. The fourth-order valence-electron chi connectivity index (χ4n) is 2.85. The van der Waals surface area contributed by atoms with E-state index in [2.05, 4.69) is 17.1 Å². The number of carboxylic acid groups (broad SMARTS) is 2. The molecular formula is C20H27F3N2O5. The van der Waals surface area contributed by atoms with Gasteiger partial charge in [-0.15, -0.1) is 0 Å². The second-order valence-electron chi connectivity index (χ2n) is 7.65. The molecule has 1 heterocycles. The number of aliphatic carboxylic acids is 1. The molecule has 2 rings (SSSR count). The van der Waals surface area contributed by atoms with Gasteiger partial charge in [-0.3, -0.25) is 4.79 Å². The number of amides is 1. The summed E-state index contributed by atoms with van der Waals surface area (Å²) in [6.07, 6.45) is -2.46. The highest BCUT2D eigenvalue weighted by molar-refractivity contribution is 6.01. The highest BCUT2D eigenvalue weighted by Gasteiger charge is 2.38. The molecule has 168 valence electrons. The van der Waals surface area contributed by atoms with Crippen molar-refractivity contribution in [1.82, 2.24) is 0 Å². The third-order valence-corrected chi connectivity index (χ3v) is 4.49. The average Bonchev–Trinajstić information content (AvgIpc) is 2.61. The van der Waals surface area contributed by atoms with Crippen molar-refractivity contribution in [1.29, 1.82) is 0 Å². The number of hydrogen-bond acceptors (Lipinski definition) is 4. The van der Waals surface area contributed by atoms with Gasteiger partial charge in [0.25, 0.3) is 0 Å². The summed E-state index contributed by atoms with van der Waals surface area (Å²) in [5, 5.41) is 19.3. The van der Waals surface area contributed by atoms with E-state index in [4.69, 9.17) is 9.90 Å². The van der Waals surface area contributed by atoms with Crippen molar-refractivity contribution in [3.05, 3.63) is 23.8 Å². The van der Waals surface area contributed by atoms with Crippen LogP contribution in [-0.4, -0.2) is 47.3 Å². The van der Waals surface area contributed by atoms with Crippen molar-refractivity contribution in [2.24, 2.45) is 11.8 Å². The number of carbonyl (C=O) groups is 3. The number of benzene rings is 1. The maximum atomic E-state index is 11.9. The van der Waals surface area contributed by atoms with Crippen LogP contribution in [0.15, 0.2) is 18.2 Å². The van der Waals surface area contributed by atoms with Gasteiger partial charge in [-0.25, -0.2) is 9.59 Å². The monoisotopic (exact) mass is 432 g/mol. The topological polar surface area (TPSA) is 107 Å². The minimum atomic E-state index is -5.08. The number of rotatable bonds is 5. The molecule has 1 aromatic rings. The fraction of sp³-hybridized carbons (Fsp3) is 0.550. The molecule has 0 unspecified atom stereocenters. The summed E-state index contributed by atoms with van der Waals surface area (Å²) >= 11 is 0. The van der Waals surface area contributed by atoms with E-state index >= 15 is 0 Å². The Kier molecular flexibility index (Phi) is 9.13. The van der Waals surface area contributed by atoms with Crippen LogP contribution < -0.4 is 10.2 Å². The highest BCUT2D eigenvalue weighted by Crippen LogP contribution is 2.27. The van der Waals surface area contributed by atoms with Crippen LogP contribution in [0.2, 0.25) is 0 Å². The van der Waals surface area contributed by atoms with Gasteiger partial charge in [0.15, 0.2) is 0 Å². The molecule has 1 amide bonds. The number of piperidine rings is 1. The third kappa shape index (κ3) is 8.30. The van der Waals surface area contributed by atoms with Gasteiger partial charge >= 0.3 is 18.1 Å². The lowest BCUT2D eigenvalue weighted by Gasteiger charge is -2.32. The van der Waals surface area contributed by atoms with Gasteiger partial charge in [0, 0.05) is 25.2 Å². The van der Waals surface area contributed by atoms with Crippen LogP contribution in [0.25, 0.3) is 0 Å². The second-order valence-corrected chi connectivity index (χ2v) is 7.65. The summed E-state index contributed by atoms with van der Waals surface area (Å²) in [6.45, 7) is 8.04. The molecule has 0 atom stereocenters. The third-order valence-electron chi connectivity index (χ3n) is 4.49. The largest absolute Gasteiger partial charge is 0.490 e. The van der Waals surface area contributed by atoms with Crippen LogP contribution in [0.5, 0.6) is 0 Å². The van der Waals surface area contributed by atoms with Gasteiger partial charge in [0.05, 0.1) is 11.3 Å². The number of nitrogens with zero attached hydrogens (tertiary/aromatic N) is 1. The number of nitrogens with one attached hydrogen (secondary N) is 1. The zero-order valence-corrected chi connectivity index (χ0v) is 17.1. The Morgan fingerprint density at radius 3 is 2.13 bits per heavy atom. The molecule has 1 aliphatic heterocycles. The molecule has 0 bridgehead atoms. The molecule has 10 heteroatoms. The van der Waals surface area contributed by atoms with Crippen LogP contribution in [0.4, 0.5) is 24.5 Å². The summed E-state index contributed by atoms with van der Waals surface area (Å²) < 4.78 is 31.7. The zero-order chi connectivity index (χ0) is 23.1. The zero-order valence-electron chi connectivity index (χ0n) is 17.1. The smallest absolute Gasteiger partial charge is 0.478 e. The molecule has 7 nitrogen and oxygen atoms in total. The van der Waals surface area contributed by atoms with E-state index in [0.717, 1.165) is 37.5 Å². The minimum absolute atomic E-state index is 0.151. The van der Waals surface area contributed by atoms with Gasteiger partial charge in [0.2, 0.25) is 5.91 Å². The van der Waals surface area contributed by atoms with Crippen molar-refractivity contribution >= 4 is 29.2 Å². The first-order chi connectivity index (χ1) is 13.8. The maximum absolute atomic E-state index is 11.9. The molecule has 0 aliphatic carbocycles. The Labute approximate surface area is 172 Å². The second kappa shape index (κ2) is 10.8. The Morgan fingerprint density at radius 1 is 1.17 bits per heavy atom. The molecule has 1 aliphatic rings. The standard InChI is InChI=1S/C18H26N2O3.C2HF3O2/c1-12(2)10-17(21)19-16-5-4-14(11-15(16)18(22)23)20-8-6-13(3)7-9-20;3-2(4,5)1(6)7/h4-5,11-13H,6-10H2,1-3H3,(H,19,21)(H,22,23);(H,6,7). The summed E-state index contributed by atoms with van der Waals surface area (Å²) in [5.41, 5.74) is 1.44. The Hall–Kier alpha value is -2.78. The summed E-state index contributed by atoms with van der Waals surface area (Å²) in [7, 11) is 0. The molecule has 0 spiro atoms. The first-order valence-corrected chi connectivity index (χ1v) is 9.53. The van der Waals surface area contributed by atoms with E-state index in [1.807, 2.05) is 19.9 Å². The first kappa shape index (κ1) is 25.3. The summed E-state index contributed by atoms with van der Waals surface area (Å²) in [6, 6.07) is 5.27. The molecule has 0 aromatic heterocycles. The number of carboxylic acids is 2. The molecule has 1 aromatic carbocycles. The van der Waals surface area contributed by atoms with Gasteiger partial charge < -0.3 is 20.4 Å². The first-order valence-electron chi connectivity index (χ1n) is 9.53. The van der Waals surface area contributed by atoms with E-state index in [-0.39, 0.29) is 17.4 Å². The van der Waals surface area contributed by atoms with Crippen LogP contribution in [0.1, 0.15) is 50.4 Å². The Bertz CT molecular complexity index is 757. The normalized spacial score (nSPS) is 14.7. The van der Waals surface area contributed by atoms with E-state index < -0.39 is 18.1 Å². The average molecular weight is 432 g/mol. The summed E-state index contributed by atoms with van der Waals surface area (Å²) in [4.78, 5) is 34.6. The number of halogens is 3. The molecule has 0 saturated carbocycles. The van der Waals surface area contributed by atoms with Crippen LogP contribution >= 0.6 is 0 Å². The molecule has 30 heavy (non-hydrogen) atoms. The van der Waals surface area contributed by atoms with Crippen molar-refractivity contribution in [3.63, 3.8) is 0 Å². The van der Waals surface area contributed by atoms with E-state index in [1.165, 1.54) is 0 Å². The maximum Gasteiger partial charge on any atom is 0.490 e. The Morgan fingerprint density at radius 2 is 1.70 bits per heavy atom. The van der Waals surface area contributed by atoms with E-state index in [9.17, 15) is 27.9 Å². The molecule has 3 N–H and O–H groups in total. The number of carbonyl (C=O) groups excluding carboxylic acids is 1. The van der Waals surface area contributed by atoms with Crippen LogP contribution in [0.3, 0.4) is 0 Å². The quantitative estimate of drug-likeness (QED) is 0.643. The van der Waals surface area contributed by atoms with Gasteiger partial charge in [-0.05, 0) is 42.9 Å². The van der Waals surface area contributed by atoms with Crippen molar-refractivity contribution in [2.45, 2.75) is 46.2 Å². The molecule has 1 saturated heterocycles. The van der Waals surface area contributed by atoms with E-state index in [1.54, 1.807) is 12.1 Å². The molecule has 0 radical (unpaired) electrons. The van der Waals surface area contributed by atoms with E-state index in [0.29, 0.717) is 12.1 Å². The predicted molar refractivity (Wildman–Crippen MR) is 106 cm³/mol. The minimum Gasteiger partial charge on any atom is -0.478 e. The number of hydrogen-bond donors (Lipinski definition) is 3. The number of alkyl halides is 3. The highest BCUT2D eigenvalue weighted by atomic mass is 19.4. The van der Waals surface area contributed by atoms with Crippen molar-refractivity contribution < 1.29 is 37.8 Å². The number of anilines is 2. The predicted octanol–water partition coefficient (Wildman–Crippen LogP) is 4.24. The van der Waals surface area contributed by atoms with Crippen molar-refractivity contribution in [2.75, 3.05) is 23.3 Å². The lowest BCUT2D eigenvalue weighted by molar-refractivity contribution is -0.192. The SMILES string of the molecule is CC(C)CC(=O)Nc1ccc(N2CCC(C)CC2)cc1C(=O)O.O=C(O)C(F)(F)F. The molecule has 1 fully saturated rings. The van der Waals surface area contributed by atoms with Crippen molar-refractivity contribution in [3.8, 4) is 0 Å². The molecular weight excluding hydrogens is 405 g/mol. The van der Waals surface area contributed by atoms with Crippen LogP contribution in [-0.2, 0) is 9.59 Å². The van der Waals surface area contributed by atoms with Gasteiger partial charge in [-0.1, -0.05) is 20.8 Å². The van der Waals surface area contributed by atoms with Crippen LogP contribution in [0, 0.1) is 11.8 Å². The lowest BCUT2D eigenvalue weighted by Crippen LogP contribution is -2.32. The van der Waals surface area contributed by atoms with Gasteiger partial charge in [0.1, 0.15) is 0 Å². The Balaban J connectivity index is 0.000000553. The fourth-order valence-corrected chi connectivity index (χ4v) is 2.85. The lowest BCUT2D eigenvalue weighted by atomic mass is 9.98.